The number of benzene rings is 1. The monoisotopic (exact) mass is 295 g/mol. The Morgan fingerprint density at radius 1 is 1.38 bits per heavy atom. The zero-order valence-electron chi connectivity index (χ0n) is 11.4. The van der Waals surface area contributed by atoms with E-state index in [9.17, 15) is 18.7 Å². The molecule has 0 atom stereocenters. The minimum absolute atomic E-state index is 0.244. The summed E-state index contributed by atoms with van der Waals surface area (Å²) in [5.41, 5.74) is 0.242. The Bertz CT molecular complexity index is 612. The summed E-state index contributed by atoms with van der Waals surface area (Å²) in [6.45, 7) is 2.55. The van der Waals surface area contributed by atoms with E-state index in [1.807, 2.05) is 6.92 Å². The number of phenols is 1. The van der Waals surface area contributed by atoms with Gasteiger partial charge in [0.2, 0.25) is 5.96 Å². The second kappa shape index (κ2) is 6.34. The lowest BCUT2D eigenvalue weighted by molar-refractivity contribution is -0.115. The van der Waals surface area contributed by atoms with Crippen LogP contribution < -0.4 is 10.6 Å². The number of guanidine groups is 1. The Morgan fingerprint density at radius 2 is 2.14 bits per heavy atom. The summed E-state index contributed by atoms with van der Waals surface area (Å²) < 4.78 is 25.1. The maximum absolute atomic E-state index is 12.5. The molecule has 5 nitrogen and oxygen atoms in total. The van der Waals surface area contributed by atoms with Crippen LogP contribution in [0, 0.1) is 0 Å². The van der Waals surface area contributed by atoms with Gasteiger partial charge in [-0.25, -0.2) is 8.78 Å². The van der Waals surface area contributed by atoms with Crippen molar-refractivity contribution in [3.63, 3.8) is 0 Å². The molecule has 1 aliphatic heterocycles. The first-order valence-corrected chi connectivity index (χ1v) is 6.47. The van der Waals surface area contributed by atoms with E-state index in [0.717, 1.165) is 12.5 Å². The number of halogens is 2. The second-order valence-electron chi connectivity index (χ2n) is 4.49. The van der Waals surface area contributed by atoms with Crippen molar-refractivity contribution >= 4 is 17.9 Å². The quantitative estimate of drug-likeness (QED) is 0.745. The molecule has 0 aliphatic carbocycles. The Morgan fingerprint density at radius 3 is 2.76 bits per heavy atom. The smallest absolute Gasteiger partial charge is 0.274 e. The molecule has 1 fully saturated rings. The van der Waals surface area contributed by atoms with Gasteiger partial charge in [-0.15, -0.1) is 0 Å². The van der Waals surface area contributed by atoms with E-state index < -0.39 is 17.7 Å². The molecule has 0 radical (unpaired) electrons. The number of amides is 1. The van der Waals surface area contributed by atoms with E-state index in [0.29, 0.717) is 18.1 Å². The highest BCUT2D eigenvalue weighted by Gasteiger charge is 2.21. The van der Waals surface area contributed by atoms with Gasteiger partial charge in [-0.3, -0.25) is 15.1 Å². The Balaban J connectivity index is 2.20. The predicted octanol–water partition coefficient (Wildman–Crippen LogP) is 2.16. The van der Waals surface area contributed by atoms with Crippen LogP contribution in [0.15, 0.2) is 28.9 Å². The van der Waals surface area contributed by atoms with Crippen molar-refractivity contribution in [2.75, 3.05) is 6.54 Å². The maximum Gasteiger partial charge on any atom is 0.274 e. The molecule has 0 spiro atoms. The lowest BCUT2D eigenvalue weighted by Crippen LogP contribution is -2.25. The average Bonchev–Trinajstić information content (AvgIpc) is 2.76. The number of nitrogens with one attached hydrogen (secondary N) is 2. The minimum Gasteiger partial charge on any atom is -0.507 e. The fraction of sp³-hybridized carbons (Fsp3) is 0.286. The van der Waals surface area contributed by atoms with Crippen LogP contribution in [0.2, 0.25) is 0 Å². The van der Waals surface area contributed by atoms with Crippen LogP contribution in [0.5, 0.6) is 5.75 Å². The van der Waals surface area contributed by atoms with Crippen molar-refractivity contribution in [2.45, 2.75) is 19.8 Å². The Kier molecular flexibility index (Phi) is 4.52. The van der Waals surface area contributed by atoms with E-state index in [1.165, 1.54) is 18.2 Å². The molecule has 2 rings (SSSR count). The van der Waals surface area contributed by atoms with Crippen molar-refractivity contribution < 1.29 is 18.7 Å². The number of aromatic hydroxyl groups is 1. The number of rotatable bonds is 4. The van der Waals surface area contributed by atoms with Crippen molar-refractivity contribution in [3.05, 3.63) is 35.0 Å². The molecule has 3 N–H and O–H groups in total. The van der Waals surface area contributed by atoms with Gasteiger partial charge in [0.05, 0.1) is 5.56 Å². The fourth-order valence-electron chi connectivity index (χ4n) is 1.80. The summed E-state index contributed by atoms with van der Waals surface area (Å²) in [6.07, 6.45) is -0.436. The molecule has 7 heteroatoms. The molecular weight excluding hydrogens is 280 g/mol. The number of carbonyl (C=O) groups excluding carboxylic acids is 1. The minimum atomic E-state index is -2.74. The summed E-state index contributed by atoms with van der Waals surface area (Å²) in [5.74, 6) is -0.499. The van der Waals surface area contributed by atoms with E-state index in [4.69, 9.17) is 0 Å². The van der Waals surface area contributed by atoms with Crippen LogP contribution in [-0.4, -0.2) is 23.5 Å². The van der Waals surface area contributed by atoms with Gasteiger partial charge in [0.15, 0.2) is 0 Å². The molecule has 1 aromatic rings. The van der Waals surface area contributed by atoms with Crippen molar-refractivity contribution in [1.82, 2.24) is 10.6 Å². The summed E-state index contributed by atoms with van der Waals surface area (Å²) in [5, 5.41) is 14.9. The highest BCUT2D eigenvalue weighted by atomic mass is 19.3. The van der Waals surface area contributed by atoms with Gasteiger partial charge in [-0.05, 0) is 30.2 Å². The van der Waals surface area contributed by atoms with Crippen LogP contribution in [0.25, 0.3) is 6.08 Å². The first kappa shape index (κ1) is 15.0. The van der Waals surface area contributed by atoms with Crippen LogP contribution >= 0.6 is 0 Å². The van der Waals surface area contributed by atoms with Crippen molar-refractivity contribution in [1.29, 1.82) is 0 Å². The van der Waals surface area contributed by atoms with Crippen molar-refractivity contribution in [3.8, 4) is 5.75 Å². The molecule has 0 aromatic heterocycles. The number of aliphatic imine (C=N–C) groups is 1. The number of nitrogens with zero attached hydrogens (tertiary/aromatic N) is 1. The topological polar surface area (TPSA) is 73.7 Å². The molecule has 21 heavy (non-hydrogen) atoms. The summed E-state index contributed by atoms with van der Waals surface area (Å²) in [7, 11) is 0. The number of carbonyl (C=O) groups is 1. The van der Waals surface area contributed by atoms with Gasteiger partial charge in [0.25, 0.3) is 12.3 Å². The number of hydrogen-bond acceptors (Lipinski definition) is 3. The third kappa shape index (κ3) is 3.56. The van der Waals surface area contributed by atoms with E-state index in [2.05, 4.69) is 15.6 Å². The third-order valence-electron chi connectivity index (χ3n) is 2.82. The average molecular weight is 295 g/mol. The lowest BCUT2D eigenvalue weighted by atomic mass is 10.1. The number of hydrogen-bond donors (Lipinski definition) is 3. The third-order valence-corrected chi connectivity index (χ3v) is 2.82. The van der Waals surface area contributed by atoms with E-state index >= 15 is 0 Å². The Labute approximate surface area is 120 Å². The molecule has 112 valence electrons. The van der Waals surface area contributed by atoms with Crippen LogP contribution in [0.4, 0.5) is 8.78 Å². The Hall–Kier alpha value is -2.44. The fourth-order valence-corrected chi connectivity index (χ4v) is 1.80. The number of phenolic OH excluding ortho intramolecular Hbond substituents is 1. The molecule has 1 aromatic carbocycles. The highest BCUT2D eigenvalue weighted by molar-refractivity contribution is 6.15. The first-order valence-electron chi connectivity index (χ1n) is 6.47. The van der Waals surface area contributed by atoms with Crippen molar-refractivity contribution in [2.24, 2.45) is 4.99 Å². The van der Waals surface area contributed by atoms with Crippen LogP contribution in [0.3, 0.4) is 0 Å². The molecule has 1 aliphatic rings. The molecule has 1 amide bonds. The first-order chi connectivity index (χ1) is 10.0. The largest absolute Gasteiger partial charge is 0.507 e. The lowest BCUT2D eigenvalue weighted by Gasteiger charge is -2.04. The van der Waals surface area contributed by atoms with E-state index in [1.54, 1.807) is 0 Å². The normalized spacial score (nSPS) is 18.4. The zero-order valence-corrected chi connectivity index (χ0v) is 11.4. The molecule has 0 saturated carbocycles. The van der Waals surface area contributed by atoms with Crippen LogP contribution in [-0.2, 0) is 4.79 Å². The van der Waals surface area contributed by atoms with Gasteiger partial charge in [0.1, 0.15) is 11.4 Å². The molecule has 0 bridgehead atoms. The van der Waals surface area contributed by atoms with Gasteiger partial charge in [-0.2, -0.15) is 0 Å². The summed E-state index contributed by atoms with van der Waals surface area (Å²) in [6, 6.07) is 3.72. The standard InChI is InChI=1S/C14H15F2N3O2/c1-2-5-17-14-18-10(13(21)19-14)6-8-3-4-9(12(15)16)11(20)7-8/h3-4,6-7,12,20H,2,5H2,1H3,(H2,17,18,19,21)/b10-6-. The molecule has 1 saturated heterocycles. The van der Waals surface area contributed by atoms with Crippen LogP contribution in [0.1, 0.15) is 30.9 Å². The highest BCUT2D eigenvalue weighted by Crippen LogP contribution is 2.29. The zero-order chi connectivity index (χ0) is 15.4. The predicted molar refractivity (Wildman–Crippen MR) is 74.9 cm³/mol. The van der Waals surface area contributed by atoms with Gasteiger partial charge in [0, 0.05) is 6.54 Å². The maximum atomic E-state index is 12.5. The van der Waals surface area contributed by atoms with Gasteiger partial charge >= 0.3 is 0 Å². The SMILES string of the molecule is CCCN=C1NC(=O)/C(=C/c2ccc(C(F)F)c(O)c2)N1. The van der Waals surface area contributed by atoms with Gasteiger partial charge < -0.3 is 10.4 Å². The molecule has 0 unspecified atom stereocenters. The summed E-state index contributed by atoms with van der Waals surface area (Å²) in [4.78, 5) is 15.8. The van der Waals surface area contributed by atoms with Gasteiger partial charge in [-0.1, -0.05) is 13.0 Å². The molecular formula is C14H15F2N3O2. The van der Waals surface area contributed by atoms with E-state index in [-0.39, 0.29) is 11.6 Å². The second-order valence-corrected chi connectivity index (χ2v) is 4.49. The summed E-state index contributed by atoms with van der Waals surface area (Å²) >= 11 is 0. The molecule has 1 heterocycles. The number of alkyl halides is 2.